The van der Waals surface area contributed by atoms with Crippen molar-refractivity contribution in [1.29, 1.82) is 0 Å². The molecule has 0 bridgehead atoms. The molecule has 1 aromatic carbocycles. The zero-order valence-electron chi connectivity index (χ0n) is 17.4. The van der Waals surface area contributed by atoms with E-state index in [9.17, 15) is 24.6 Å². The van der Waals surface area contributed by atoms with E-state index in [2.05, 4.69) is 10.6 Å². The van der Waals surface area contributed by atoms with Crippen molar-refractivity contribution in [3.63, 3.8) is 0 Å². The summed E-state index contributed by atoms with van der Waals surface area (Å²) < 4.78 is 1.15. The van der Waals surface area contributed by atoms with Crippen LogP contribution in [0.15, 0.2) is 59.5 Å². The van der Waals surface area contributed by atoms with Crippen LogP contribution in [0, 0.1) is 0 Å². The second-order valence-electron chi connectivity index (χ2n) is 6.27. The summed E-state index contributed by atoms with van der Waals surface area (Å²) in [5.74, 6) is -1.98. The van der Waals surface area contributed by atoms with Crippen molar-refractivity contribution in [2.45, 2.75) is 12.5 Å². The molecule has 2 aromatic heterocycles. The van der Waals surface area contributed by atoms with Gasteiger partial charge in [0.15, 0.2) is 0 Å². The third-order valence-corrected chi connectivity index (χ3v) is 5.42. The molecule has 0 saturated heterocycles. The second-order valence-corrected chi connectivity index (χ2v) is 7.38. The van der Waals surface area contributed by atoms with Crippen LogP contribution in [0.4, 0.5) is 10.5 Å². The van der Waals surface area contributed by atoms with Crippen molar-refractivity contribution in [2.75, 3.05) is 5.32 Å². The molecule has 2 heterocycles. The average molecular weight is 457 g/mol. The molecule has 2 amide bonds. The Balaban J connectivity index is 0.00000240. The molecule has 0 saturated carbocycles. The molecule has 0 aliphatic carbocycles. The molecule has 3 aromatic rings. The summed E-state index contributed by atoms with van der Waals surface area (Å²) in [4.78, 5) is 37.1. The van der Waals surface area contributed by atoms with Gasteiger partial charge in [0.25, 0.3) is 5.56 Å². The predicted molar refractivity (Wildman–Crippen MR) is 105 cm³/mol. The minimum atomic E-state index is -1.34. The summed E-state index contributed by atoms with van der Waals surface area (Å²) in [6.07, 6.45) is 0.836. The first kappa shape index (κ1) is 27.4. The number of carbonyl (C=O) groups is 2. The van der Waals surface area contributed by atoms with Crippen LogP contribution >= 0.6 is 11.3 Å². The standard InChI is InChI=1S/C20H19N3O5S.2Na/c1-23-10-9-14(24)18(19(23)27)22-20(28)21-13(11-17(25)26)16-8-7-15(29-16)12-5-3-2-4-6-12;;/h2-10,13,24H,11H2,1H3,(H,25,26)(H2,21,22,28);;/q;2*+1/p-2/t13-;;/m0../s1. The minimum Gasteiger partial charge on any atom is -0.871 e. The summed E-state index contributed by atoms with van der Waals surface area (Å²) in [5, 5.41) is 27.8. The number of carboxylic acids is 1. The smallest absolute Gasteiger partial charge is 0.871 e. The van der Waals surface area contributed by atoms with Crippen LogP contribution in [0.3, 0.4) is 0 Å². The van der Waals surface area contributed by atoms with E-state index in [0.717, 1.165) is 21.1 Å². The number of hydrogen-bond acceptors (Lipinski definition) is 6. The fourth-order valence-corrected chi connectivity index (χ4v) is 3.79. The van der Waals surface area contributed by atoms with Crippen LogP contribution in [0.1, 0.15) is 17.3 Å². The molecule has 0 radical (unpaired) electrons. The van der Waals surface area contributed by atoms with Gasteiger partial charge in [-0.1, -0.05) is 42.1 Å². The summed E-state index contributed by atoms with van der Waals surface area (Å²) in [6, 6.07) is 12.5. The number of aromatic nitrogens is 1. The number of aryl methyl sites for hydroxylation is 1. The van der Waals surface area contributed by atoms with Crippen molar-refractivity contribution in [2.24, 2.45) is 7.05 Å². The number of aliphatic carboxylic acids is 1. The Kier molecular flexibility index (Phi) is 11.0. The topological polar surface area (TPSA) is 126 Å². The number of nitrogens with one attached hydrogen (secondary N) is 2. The van der Waals surface area contributed by atoms with E-state index in [0.29, 0.717) is 4.88 Å². The van der Waals surface area contributed by atoms with Gasteiger partial charge < -0.3 is 30.2 Å². The van der Waals surface area contributed by atoms with Gasteiger partial charge in [-0.3, -0.25) is 4.79 Å². The largest absolute Gasteiger partial charge is 1.00 e. The Morgan fingerprint density at radius 2 is 1.77 bits per heavy atom. The summed E-state index contributed by atoms with van der Waals surface area (Å²) in [7, 11) is 1.44. The van der Waals surface area contributed by atoms with Gasteiger partial charge in [-0.25, -0.2) is 4.79 Å². The van der Waals surface area contributed by atoms with Gasteiger partial charge in [-0.2, -0.15) is 0 Å². The fraction of sp³-hybridized carbons (Fsp3) is 0.150. The molecule has 0 unspecified atom stereocenters. The first-order valence-electron chi connectivity index (χ1n) is 8.64. The fourth-order valence-electron chi connectivity index (χ4n) is 2.72. The Labute approximate surface area is 226 Å². The summed E-state index contributed by atoms with van der Waals surface area (Å²) in [5.41, 5.74) is -0.105. The van der Waals surface area contributed by atoms with E-state index in [4.69, 9.17) is 0 Å². The molecule has 31 heavy (non-hydrogen) atoms. The van der Waals surface area contributed by atoms with Crippen molar-refractivity contribution in [1.82, 2.24) is 9.88 Å². The van der Waals surface area contributed by atoms with Crippen LogP contribution in [0.2, 0.25) is 0 Å². The number of nitrogens with zero attached hydrogens (tertiary/aromatic N) is 1. The number of urea groups is 1. The molecule has 0 spiro atoms. The predicted octanol–water partition coefficient (Wildman–Crippen LogP) is -4.80. The number of benzene rings is 1. The third-order valence-electron chi connectivity index (χ3n) is 4.17. The van der Waals surface area contributed by atoms with Crippen molar-refractivity contribution in [3.05, 3.63) is 70.0 Å². The monoisotopic (exact) mass is 457 g/mol. The Bertz CT molecular complexity index is 1100. The van der Waals surface area contributed by atoms with Crippen molar-refractivity contribution < 1.29 is 78.9 Å². The van der Waals surface area contributed by atoms with E-state index in [1.54, 1.807) is 6.07 Å². The second kappa shape index (κ2) is 12.4. The van der Waals surface area contributed by atoms with Crippen LogP contribution in [0.25, 0.3) is 10.4 Å². The Hall–Kier alpha value is -1.59. The zero-order valence-corrected chi connectivity index (χ0v) is 22.2. The summed E-state index contributed by atoms with van der Waals surface area (Å²) >= 11 is 1.33. The first-order chi connectivity index (χ1) is 13.8. The van der Waals surface area contributed by atoms with E-state index in [1.807, 2.05) is 36.4 Å². The SMILES string of the molecule is Cn1ccc([O-])c(NC(=O)N[C@@H](CC(=O)[O-])c2ccc(-c3ccccc3)s2)c1=O.[Na+].[Na+]. The van der Waals surface area contributed by atoms with Crippen LogP contribution in [-0.4, -0.2) is 16.6 Å². The number of pyridine rings is 1. The number of amides is 2. The number of carbonyl (C=O) groups excluding carboxylic acids is 2. The molecule has 0 aliphatic heterocycles. The number of carboxylic acid groups (broad SMARTS) is 1. The maximum Gasteiger partial charge on any atom is 1.00 e. The molecule has 150 valence electrons. The van der Waals surface area contributed by atoms with E-state index < -0.39 is 41.5 Å². The van der Waals surface area contributed by atoms with E-state index in [-0.39, 0.29) is 59.1 Å². The van der Waals surface area contributed by atoms with Crippen LogP contribution in [0.5, 0.6) is 5.75 Å². The molecular weight excluding hydrogens is 440 g/mol. The number of hydrogen-bond donors (Lipinski definition) is 2. The maximum absolute atomic E-state index is 12.4. The van der Waals surface area contributed by atoms with Gasteiger partial charge in [0.2, 0.25) is 0 Å². The molecular formula is C20H17N3Na2O5S. The normalized spacial score (nSPS) is 10.9. The van der Waals surface area contributed by atoms with Crippen molar-refractivity contribution >= 4 is 29.0 Å². The average Bonchev–Trinajstić information content (AvgIpc) is 3.18. The molecule has 1 atom stereocenters. The summed E-state index contributed by atoms with van der Waals surface area (Å²) in [6.45, 7) is 0. The quantitative estimate of drug-likeness (QED) is 0.360. The molecule has 0 aliphatic rings. The van der Waals surface area contributed by atoms with Gasteiger partial charge in [0.05, 0.1) is 6.04 Å². The van der Waals surface area contributed by atoms with Gasteiger partial charge in [0.1, 0.15) is 5.69 Å². The number of rotatable bonds is 6. The maximum atomic E-state index is 12.4. The van der Waals surface area contributed by atoms with Gasteiger partial charge in [-0.15, -0.1) is 11.3 Å². The van der Waals surface area contributed by atoms with E-state index >= 15 is 0 Å². The zero-order chi connectivity index (χ0) is 21.0. The van der Waals surface area contributed by atoms with Crippen LogP contribution in [-0.2, 0) is 11.8 Å². The third kappa shape index (κ3) is 7.21. The van der Waals surface area contributed by atoms with Gasteiger partial charge in [0, 0.05) is 35.4 Å². The van der Waals surface area contributed by atoms with E-state index in [1.165, 1.54) is 24.6 Å². The van der Waals surface area contributed by atoms with Crippen molar-refractivity contribution in [3.8, 4) is 16.2 Å². The van der Waals surface area contributed by atoms with Gasteiger partial charge >= 0.3 is 65.1 Å². The Morgan fingerprint density at radius 3 is 2.42 bits per heavy atom. The molecule has 8 nitrogen and oxygen atoms in total. The number of thiophene rings is 1. The number of anilines is 1. The minimum absolute atomic E-state index is 0. The first-order valence-corrected chi connectivity index (χ1v) is 9.46. The molecule has 11 heteroatoms. The van der Waals surface area contributed by atoms with Gasteiger partial charge in [-0.05, 0) is 17.7 Å². The molecule has 2 N–H and O–H groups in total. The Morgan fingerprint density at radius 1 is 1.10 bits per heavy atom. The van der Waals surface area contributed by atoms with Crippen LogP contribution < -0.4 is 85.5 Å². The molecule has 0 fully saturated rings. The molecule has 3 rings (SSSR count).